The van der Waals surface area contributed by atoms with Gasteiger partial charge in [-0.05, 0) is 18.2 Å². The van der Waals surface area contributed by atoms with Crippen molar-refractivity contribution < 1.29 is 9.53 Å². The van der Waals surface area contributed by atoms with Gasteiger partial charge in [-0.15, -0.1) is 0 Å². The minimum absolute atomic E-state index is 0.0363. The van der Waals surface area contributed by atoms with Crippen LogP contribution in [0.1, 0.15) is 10.5 Å². The average molecular weight is 338 g/mol. The van der Waals surface area contributed by atoms with Crippen LogP contribution in [0.25, 0.3) is 22.3 Å². The van der Waals surface area contributed by atoms with E-state index in [1.807, 2.05) is 0 Å². The molecule has 1 aromatic carbocycles. The maximum Gasteiger partial charge on any atom is 0.358 e. The topological polar surface area (TPSA) is 107 Å². The van der Waals surface area contributed by atoms with Crippen LogP contribution in [0.2, 0.25) is 10.0 Å². The van der Waals surface area contributed by atoms with Crippen LogP contribution in [0.3, 0.4) is 0 Å². The molecule has 0 bridgehead atoms. The normalized spacial score (nSPS) is 10.9. The molecule has 0 fully saturated rings. The number of methoxy groups -OCH3 is 1. The van der Waals surface area contributed by atoms with E-state index in [-0.39, 0.29) is 16.4 Å². The van der Waals surface area contributed by atoms with Gasteiger partial charge in [0.15, 0.2) is 5.69 Å². The Hall–Kier alpha value is -2.38. The molecule has 0 amide bonds. The molecule has 0 atom stereocenters. The highest BCUT2D eigenvalue weighted by Gasteiger charge is 2.19. The molecule has 3 N–H and O–H groups in total. The first kappa shape index (κ1) is 14.6. The average Bonchev–Trinajstić information content (AvgIpc) is 2.95. The van der Waals surface area contributed by atoms with Gasteiger partial charge >= 0.3 is 5.97 Å². The molecule has 0 saturated carbocycles. The van der Waals surface area contributed by atoms with E-state index in [1.54, 1.807) is 12.1 Å². The van der Waals surface area contributed by atoms with Crippen molar-refractivity contribution in [2.45, 2.75) is 0 Å². The largest absolute Gasteiger partial charge is 0.464 e. The number of benzene rings is 1. The molecule has 0 aliphatic heterocycles. The Morgan fingerprint density at radius 1 is 1.23 bits per heavy atom. The Labute approximate surface area is 134 Å². The summed E-state index contributed by atoms with van der Waals surface area (Å²) in [6, 6.07) is 4.86. The summed E-state index contributed by atoms with van der Waals surface area (Å²) in [7, 11) is 1.23. The number of carbonyl (C=O) groups excluding carboxylic acids is 1. The minimum atomic E-state index is -0.683. The summed E-state index contributed by atoms with van der Waals surface area (Å²) in [6.45, 7) is 0. The highest BCUT2D eigenvalue weighted by atomic mass is 35.5. The van der Waals surface area contributed by atoms with Crippen molar-refractivity contribution in [3.05, 3.63) is 33.9 Å². The lowest BCUT2D eigenvalue weighted by Gasteiger charge is -2.09. The van der Waals surface area contributed by atoms with Crippen LogP contribution in [0.4, 0.5) is 5.69 Å². The Morgan fingerprint density at radius 3 is 2.59 bits per heavy atom. The summed E-state index contributed by atoms with van der Waals surface area (Å²) in [6.07, 6.45) is 0. The summed E-state index contributed by atoms with van der Waals surface area (Å²) < 4.78 is 4.65. The van der Waals surface area contributed by atoms with Gasteiger partial charge in [-0.25, -0.2) is 9.78 Å². The number of esters is 1. The number of anilines is 1. The lowest BCUT2D eigenvalue weighted by atomic mass is 10.1. The number of rotatable bonds is 2. The lowest BCUT2D eigenvalue weighted by molar-refractivity contribution is 0.0594. The SMILES string of the molecule is COC(=O)c1nc(-c2cc3n[nH]nc3cc2Cl)cc(N)c1Cl. The van der Waals surface area contributed by atoms with E-state index in [1.165, 1.54) is 13.2 Å². The number of nitrogens with two attached hydrogens (primary N) is 1. The van der Waals surface area contributed by atoms with Gasteiger partial charge in [0.05, 0.1) is 28.5 Å². The van der Waals surface area contributed by atoms with Crippen LogP contribution < -0.4 is 5.73 Å². The van der Waals surface area contributed by atoms with Gasteiger partial charge in [-0.3, -0.25) is 0 Å². The van der Waals surface area contributed by atoms with E-state index in [9.17, 15) is 4.79 Å². The Balaban J connectivity index is 2.23. The molecular formula is C13H9Cl2N5O2. The number of aromatic nitrogens is 4. The first-order chi connectivity index (χ1) is 10.5. The van der Waals surface area contributed by atoms with Gasteiger partial charge in [0.1, 0.15) is 11.0 Å². The number of aromatic amines is 1. The molecule has 7 nitrogen and oxygen atoms in total. The van der Waals surface area contributed by atoms with Crippen molar-refractivity contribution in [2.75, 3.05) is 12.8 Å². The summed E-state index contributed by atoms with van der Waals surface area (Å²) in [4.78, 5) is 15.9. The molecule has 22 heavy (non-hydrogen) atoms. The third-order valence-electron chi connectivity index (χ3n) is 3.05. The van der Waals surface area contributed by atoms with Crippen molar-refractivity contribution in [1.82, 2.24) is 20.4 Å². The minimum Gasteiger partial charge on any atom is -0.464 e. The van der Waals surface area contributed by atoms with Gasteiger partial charge in [0, 0.05) is 5.56 Å². The van der Waals surface area contributed by atoms with Crippen molar-refractivity contribution >= 4 is 45.9 Å². The zero-order valence-electron chi connectivity index (χ0n) is 11.2. The molecule has 2 heterocycles. The summed E-state index contributed by atoms with van der Waals surface area (Å²) in [5.74, 6) is -0.683. The molecule has 0 aliphatic carbocycles. The Bertz CT molecular complexity index is 894. The van der Waals surface area contributed by atoms with E-state index >= 15 is 0 Å². The maximum absolute atomic E-state index is 11.7. The number of nitrogens with zero attached hydrogens (tertiary/aromatic N) is 3. The fraction of sp³-hybridized carbons (Fsp3) is 0.0769. The van der Waals surface area contributed by atoms with Gasteiger partial charge in [-0.1, -0.05) is 23.2 Å². The fourth-order valence-electron chi connectivity index (χ4n) is 1.98. The number of hydrogen-bond donors (Lipinski definition) is 2. The molecule has 0 spiro atoms. The third kappa shape index (κ3) is 2.34. The quantitative estimate of drug-likeness (QED) is 0.696. The summed E-state index contributed by atoms with van der Waals surface area (Å²) in [5, 5.41) is 10.9. The molecular weight excluding hydrogens is 329 g/mol. The van der Waals surface area contributed by atoms with Crippen LogP contribution in [-0.2, 0) is 4.74 Å². The molecule has 112 valence electrons. The number of fused-ring (bicyclic) bond motifs is 1. The van der Waals surface area contributed by atoms with Crippen LogP contribution in [0, 0.1) is 0 Å². The van der Waals surface area contributed by atoms with Crippen LogP contribution in [0.15, 0.2) is 18.2 Å². The van der Waals surface area contributed by atoms with Crippen molar-refractivity contribution in [2.24, 2.45) is 0 Å². The smallest absolute Gasteiger partial charge is 0.358 e. The Kier molecular flexibility index (Phi) is 3.59. The van der Waals surface area contributed by atoms with E-state index < -0.39 is 5.97 Å². The van der Waals surface area contributed by atoms with Crippen molar-refractivity contribution in [3.8, 4) is 11.3 Å². The molecule has 2 aromatic heterocycles. The van der Waals surface area contributed by atoms with Crippen molar-refractivity contribution in [3.63, 3.8) is 0 Å². The van der Waals surface area contributed by atoms with Crippen LogP contribution in [0.5, 0.6) is 0 Å². The van der Waals surface area contributed by atoms with E-state index in [0.29, 0.717) is 27.3 Å². The first-order valence-electron chi connectivity index (χ1n) is 6.06. The predicted octanol–water partition coefficient (Wildman–Crippen LogP) is 2.70. The molecule has 0 saturated heterocycles. The number of nitrogens with one attached hydrogen (secondary N) is 1. The number of nitrogen functional groups attached to an aromatic ring is 1. The number of halogens is 2. The third-order valence-corrected chi connectivity index (χ3v) is 3.76. The number of hydrogen-bond acceptors (Lipinski definition) is 6. The maximum atomic E-state index is 11.7. The first-order valence-corrected chi connectivity index (χ1v) is 6.81. The number of ether oxygens (including phenoxy) is 1. The summed E-state index contributed by atoms with van der Waals surface area (Å²) >= 11 is 12.2. The monoisotopic (exact) mass is 337 g/mol. The van der Waals surface area contributed by atoms with E-state index in [4.69, 9.17) is 28.9 Å². The fourth-order valence-corrected chi connectivity index (χ4v) is 2.41. The summed E-state index contributed by atoms with van der Waals surface area (Å²) in [5.41, 5.74) is 8.12. The van der Waals surface area contributed by atoms with Crippen LogP contribution in [-0.4, -0.2) is 33.5 Å². The Morgan fingerprint density at radius 2 is 1.91 bits per heavy atom. The van der Waals surface area contributed by atoms with Gasteiger partial charge in [0.2, 0.25) is 0 Å². The number of carbonyl (C=O) groups is 1. The molecule has 0 aliphatic rings. The molecule has 3 rings (SSSR count). The van der Waals surface area contributed by atoms with Gasteiger partial charge < -0.3 is 10.5 Å². The van der Waals surface area contributed by atoms with Crippen LogP contribution >= 0.6 is 23.2 Å². The van der Waals surface area contributed by atoms with E-state index in [0.717, 1.165) is 0 Å². The highest BCUT2D eigenvalue weighted by Crippen LogP contribution is 2.33. The highest BCUT2D eigenvalue weighted by molar-refractivity contribution is 6.36. The molecule has 0 unspecified atom stereocenters. The lowest BCUT2D eigenvalue weighted by Crippen LogP contribution is -2.08. The second-order valence-corrected chi connectivity index (χ2v) is 5.18. The standard InChI is InChI=1S/C13H9Cl2N5O2/c1-22-13(21)12-11(15)7(16)4-8(17-12)5-2-9-10(3-6(5)14)19-20-18-9/h2-4H,1H3,(H2,16,17)(H,18,19,20). The second kappa shape index (κ2) is 5.43. The van der Waals surface area contributed by atoms with Gasteiger partial charge in [0.25, 0.3) is 0 Å². The molecule has 9 heteroatoms. The zero-order chi connectivity index (χ0) is 15.9. The molecule has 0 radical (unpaired) electrons. The zero-order valence-corrected chi connectivity index (χ0v) is 12.7. The van der Waals surface area contributed by atoms with E-state index in [2.05, 4.69) is 25.1 Å². The predicted molar refractivity (Wildman–Crippen MR) is 82.9 cm³/mol. The number of H-pyrrole nitrogens is 1. The van der Waals surface area contributed by atoms with Crippen molar-refractivity contribution in [1.29, 1.82) is 0 Å². The molecule has 3 aromatic rings. The van der Waals surface area contributed by atoms with Gasteiger partial charge in [-0.2, -0.15) is 15.4 Å². The number of pyridine rings is 1. The second-order valence-electron chi connectivity index (χ2n) is 4.40.